The van der Waals surface area contributed by atoms with Gasteiger partial charge in [0.1, 0.15) is 26.2 Å². The molecule has 0 aromatic heterocycles. The molecule has 0 saturated carbocycles. The summed E-state index contributed by atoms with van der Waals surface area (Å²) < 4.78 is 53.5. The van der Waals surface area contributed by atoms with E-state index in [1.807, 2.05) is 45.2 Å². The standard InChI is InChI=1S/C31H46N6O13.C27H48I2N6O11.C6H7NO4/c1-46-13-8-32-24(38)2-3-27(41)35(22-25(39)33-9-14-47-18-20-49-16-11-36-28(42)4-5-29(36)43)23-26(40)34-10-15-48-19-21-50-17-12-37-30(44)6-7-31(37)45;1-42-9-4-30-22(36)2-3-27(41)35(20-25(39)33-7-12-45-16-14-43-10-5-31-23(37)18-28)21-26(40)34-8-13-46-17-15-44-11-6-32-24(38)19-29;1-10-11-4-7-5(8)2-3-6(7)9/h4-7H,2-3,8-23H2,1H3,(H,32,38)(H,33,39)(H,34,40);2-21H2,1H3,(H,30,36)(H,31,37)(H,32,38)(H,33,39)(H,34,40);2-3H,4H2,1H3. The number of halogens is 2. The van der Waals surface area contributed by atoms with Crippen molar-refractivity contribution in [3.8, 4) is 0 Å². The van der Waals surface area contributed by atoms with Crippen molar-refractivity contribution in [3.05, 3.63) is 36.5 Å². The van der Waals surface area contributed by atoms with E-state index in [0.717, 1.165) is 24.5 Å². The molecule has 107 heavy (non-hydrogen) atoms. The molecule has 8 N–H and O–H groups in total. The summed E-state index contributed by atoms with van der Waals surface area (Å²) in [7, 11) is 4.29. The Hall–Kier alpha value is -7.68. The Labute approximate surface area is 646 Å². The third kappa shape index (κ3) is 51.3. The number of hydrogen-bond donors (Lipinski definition) is 8. The highest BCUT2D eigenvalue weighted by molar-refractivity contribution is 14.1. The molecule has 43 heteroatoms. The van der Waals surface area contributed by atoms with Crippen LogP contribution in [0, 0.1) is 0 Å². The smallest absolute Gasteiger partial charge is 0.255 e. The number of carbonyl (C=O) groups is 16. The van der Waals surface area contributed by atoms with Gasteiger partial charge in [-0.2, -0.15) is 0 Å². The van der Waals surface area contributed by atoms with E-state index in [-0.39, 0.29) is 216 Å². The number of nitrogens with zero attached hydrogens (tertiary/aromatic N) is 5. The van der Waals surface area contributed by atoms with Crippen LogP contribution in [0.15, 0.2) is 36.5 Å². The van der Waals surface area contributed by atoms with Crippen molar-refractivity contribution >= 4 is 140 Å². The van der Waals surface area contributed by atoms with E-state index in [4.69, 9.17) is 47.4 Å². The molecule has 3 aliphatic rings. The zero-order chi connectivity index (χ0) is 79.1. The lowest BCUT2D eigenvalue weighted by Crippen LogP contribution is -2.46. The minimum atomic E-state index is -0.569. The third-order valence-corrected chi connectivity index (χ3v) is 14.9. The molecule has 604 valence electrons. The molecule has 0 bridgehead atoms. The number of imide groups is 3. The summed E-state index contributed by atoms with van der Waals surface area (Å²) in [6.07, 6.45) is 6.49. The number of rotatable bonds is 61. The van der Waals surface area contributed by atoms with Crippen LogP contribution in [0.4, 0.5) is 0 Å². The number of amides is 16. The summed E-state index contributed by atoms with van der Waals surface area (Å²) in [5.41, 5.74) is 0. The van der Waals surface area contributed by atoms with Gasteiger partial charge in [-0.1, -0.05) is 45.2 Å². The van der Waals surface area contributed by atoms with Crippen LogP contribution in [-0.2, 0) is 134 Å². The summed E-state index contributed by atoms with van der Waals surface area (Å²) in [6, 6.07) is 0. The second-order valence-electron chi connectivity index (χ2n) is 21.6. The maximum Gasteiger partial charge on any atom is 0.255 e. The van der Waals surface area contributed by atoms with Gasteiger partial charge in [0.15, 0.2) is 6.73 Å². The number of hydrogen-bond acceptors (Lipinski definition) is 28. The minimum absolute atomic E-state index is 0.0592. The summed E-state index contributed by atoms with van der Waals surface area (Å²) >= 11 is 3.94. The molecule has 0 aromatic carbocycles. The zero-order valence-corrected chi connectivity index (χ0v) is 64.8. The molecule has 0 fully saturated rings. The number of nitrogens with one attached hydrogen (secondary N) is 8. The first-order valence-corrected chi connectivity index (χ1v) is 36.8. The Balaban J connectivity index is 0.000000935. The Morgan fingerprint density at radius 2 is 0.542 bits per heavy atom. The van der Waals surface area contributed by atoms with Crippen molar-refractivity contribution in [3.63, 3.8) is 0 Å². The van der Waals surface area contributed by atoms with Gasteiger partial charge in [0, 0.05) is 129 Å². The molecular formula is C64H101I2N13O28. The Morgan fingerprint density at radius 1 is 0.308 bits per heavy atom. The summed E-state index contributed by atoms with van der Waals surface area (Å²) in [6.45, 7) is 4.85. The third-order valence-electron chi connectivity index (χ3n) is 13.5. The van der Waals surface area contributed by atoms with Crippen LogP contribution in [0.2, 0.25) is 0 Å². The van der Waals surface area contributed by atoms with Gasteiger partial charge in [-0.05, 0) is 0 Å². The van der Waals surface area contributed by atoms with Crippen molar-refractivity contribution < 1.29 is 134 Å². The first-order valence-electron chi connectivity index (χ1n) is 33.8. The molecule has 3 heterocycles. The quantitative estimate of drug-likeness (QED) is 0.00701. The van der Waals surface area contributed by atoms with Crippen molar-refractivity contribution in [1.82, 2.24) is 67.0 Å². The molecule has 3 aliphatic heterocycles. The van der Waals surface area contributed by atoms with Crippen LogP contribution in [0.3, 0.4) is 0 Å². The van der Waals surface area contributed by atoms with E-state index in [9.17, 15) is 76.7 Å². The molecule has 0 aromatic rings. The van der Waals surface area contributed by atoms with E-state index >= 15 is 0 Å². The van der Waals surface area contributed by atoms with Gasteiger partial charge in [0.2, 0.25) is 59.1 Å². The lowest BCUT2D eigenvalue weighted by Gasteiger charge is -2.22. The largest absolute Gasteiger partial charge is 0.383 e. The van der Waals surface area contributed by atoms with Crippen LogP contribution >= 0.6 is 45.2 Å². The second kappa shape index (κ2) is 64.3. The van der Waals surface area contributed by atoms with E-state index in [1.165, 1.54) is 57.8 Å². The number of methoxy groups -OCH3 is 2. The zero-order valence-electron chi connectivity index (χ0n) is 60.5. The molecular weight excluding hydrogens is 1650 g/mol. The van der Waals surface area contributed by atoms with Gasteiger partial charge in [0.25, 0.3) is 35.4 Å². The molecule has 3 rings (SSSR count). The monoisotopic (exact) mass is 1750 g/mol. The van der Waals surface area contributed by atoms with Gasteiger partial charge in [-0.15, -0.1) is 0 Å². The fourth-order valence-corrected chi connectivity index (χ4v) is 8.68. The Bertz CT molecular complexity index is 2690. The Kier molecular flexibility index (Phi) is 58.5. The van der Waals surface area contributed by atoms with Gasteiger partial charge >= 0.3 is 0 Å². The predicted molar refractivity (Wildman–Crippen MR) is 389 cm³/mol. The van der Waals surface area contributed by atoms with Gasteiger partial charge in [-0.25, -0.2) is 14.7 Å². The van der Waals surface area contributed by atoms with Crippen LogP contribution in [0.5, 0.6) is 0 Å². The lowest BCUT2D eigenvalue weighted by atomic mass is 10.2. The first-order chi connectivity index (χ1) is 51.6. The van der Waals surface area contributed by atoms with Crippen LogP contribution in [0.1, 0.15) is 25.7 Å². The molecule has 0 atom stereocenters. The van der Waals surface area contributed by atoms with E-state index < -0.39 is 48.5 Å². The highest BCUT2D eigenvalue weighted by Crippen LogP contribution is 2.06. The average molecular weight is 1750 g/mol. The predicted octanol–water partition coefficient (Wildman–Crippen LogP) is -6.29. The van der Waals surface area contributed by atoms with Gasteiger partial charge < -0.3 is 99.7 Å². The minimum Gasteiger partial charge on any atom is -0.383 e. The molecule has 0 aliphatic carbocycles. The van der Waals surface area contributed by atoms with Crippen molar-refractivity contribution in [1.29, 1.82) is 0 Å². The highest BCUT2D eigenvalue weighted by Gasteiger charge is 2.27. The molecule has 0 unspecified atom stereocenters. The second-order valence-corrected chi connectivity index (χ2v) is 23.2. The lowest BCUT2D eigenvalue weighted by molar-refractivity contribution is -0.289. The van der Waals surface area contributed by atoms with Gasteiger partial charge in [0.05, 0.1) is 148 Å². The molecule has 0 spiro atoms. The summed E-state index contributed by atoms with van der Waals surface area (Å²) in [5, 5.41) is 21.1. The highest BCUT2D eigenvalue weighted by atomic mass is 127. The van der Waals surface area contributed by atoms with E-state index in [2.05, 4.69) is 52.3 Å². The SMILES string of the molecule is COCCNC(=O)CCC(=O)N(CC(=O)NCCOCCOCCN1C(=O)C=CC1=O)CC(=O)NCCOCCOCCN1C(=O)C=CC1=O.COCCNC(=O)CCC(=O)N(CC(=O)NCCOCCOCCNC(=O)CI)CC(=O)NCCOCCOCCNC(=O)CI.COOCN1C(=O)C=CC1=O. The topological polar surface area (TPSA) is 496 Å². The summed E-state index contributed by atoms with van der Waals surface area (Å²) in [5.74, 6) is -6.32. The maximum atomic E-state index is 12.9. The maximum absolute atomic E-state index is 12.9. The average Bonchev–Trinajstić information content (AvgIpc) is 1.88. The molecule has 0 radical (unpaired) electrons. The van der Waals surface area contributed by atoms with Crippen molar-refractivity contribution in [2.24, 2.45) is 0 Å². The normalized spacial score (nSPS) is 12.7. The van der Waals surface area contributed by atoms with Crippen LogP contribution < -0.4 is 42.5 Å². The number of carbonyl (C=O) groups excluding carboxylic acids is 16. The molecule has 16 amide bonds. The van der Waals surface area contributed by atoms with E-state index in [1.54, 1.807) is 0 Å². The number of alkyl halides is 2. The Morgan fingerprint density at radius 3 is 0.794 bits per heavy atom. The molecule has 41 nitrogen and oxygen atoms in total. The van der Waals surface area contributed by atoms with Crippen LogP contribution in [0.25, 0.3) is 0 Å². The van der Waals surface area contributed by atoms with Crippen LogP contribution in [-0.4, -0.2) is 366 Å². The van der Waals surface area contributed by atoms with Crippen molar-refractivity contribution in [2.45, 2.75) is 25.7 Å². The summed E-state index contributed by atoms with van der Waals surface area (Å²) in [4.78, 5) is 204. The van der Waals surface area contributed by atoms with Crippen molar-refractivity contribution in [2.75, 3.05) is 247 Å². The first kappa shape index (κ1) is 97.3. The fraction of sp³-hybridized carbons (Fsp3) is 0.656. The fourth-order valence-electron chi connectivity index (χ4n) is 8.14. The number of ether oxygens (including phenoxy) is 10. The molecule has 0 saturated heterocycles. The van der Waals surface area contributed by atoms with Gasteiger partial charge in [-0.3, -0.25) is 86.5 Å². The van der Waals surface area contributed by atoms with E-state index in [0.29, 0.717) is 81.3 Å².